The second-order valence-corrected chi connectivity index (χ2v) is 3.91. The van der Waals surface area contributed by atoms with Crippen molar-refractivity contribution in [3.8, 4) is 0 Å². The average Bonchev–Trinajstić information content (AvgIpc) is 2.44. The Morgan fingerprint density at radius 2 is 2.20 bits per heavy atom. The quantitative estimate of drug-likeness (QED) is 0.835. The maximum absolute atomic E-state index is 11.4. The highest BCUT2D eigenvalue weighted by atomic mass is 16.5. The van der Waals surface area contributed by atoms with Crippen LogP contribution in [0, 0.1) is 0 Å². The van der Waals surface area contributed by atoms with Crippen molar-refractivity contribution in [2.45, 2.75) is 0 Å². The molecule has 0 saturated heterocycles. The van der Waals surface area contributed by atoms with Crippen LogP contribution in [-0.2, 0) is 4.74 Å². The molecule has 0 bridgehead atoms. The van der Waals surface area contributed by atoms with Crippen molar-refractivity contribution in [3.63, 3.8) is 0 Å². The zero-order valence-corrected chi connectivity index (χ0v) is 10.5. The van der Waals surface area contributed by atoms with Gasteiger partial charge in [-0.15, -0.1) is 0 Å². The van der Waals surface area contributed by atoms with Crippen LogP contribution in [0.5, 0.6) is 0 Å². The molecule has 0 atom stereocenters. The second kappa shape index (κ2) is 5.83. The Hall–Kier alpha value is -2.89. The molecule has 1 aromatic heterocycles. The lowest BCUT2D eigenvalue weighted by atomic mass is 10.1. The maximum Gasteiger partial charge on any atom is 0.411 e. The molecule has 0 radical (unpaired) electrons. The van der Waals surface area contributed by atoms with E-state index in [4.69, 9.17) is 9.84 Å². The molecule has 2 aromatic rings. The van der Waals surface area contributed by atoms with Crippen LogP contribution in [0.25, 0.3) is 10.8 Å². The number of carbonyl (C=O) groups is 2. The van der Waals surface area contributed by atoms with Crippen molar-refractivity contribution in [1.29, 1.82) is 0 Å². The number of amides is 1. The summed E-state index contributed by atoms with van der Waals surface area (Å²) in [4.78, 5) is 26.2. The first-order valence-electron chi connectivity index (χ1n) is 5.78. The van der Waals surface area contributed by atoms with Gasteiger partial charge in [0.15, 0.2) is 5.69 Å². The van der Waals surface area contributed by atoms with E-state index in [1.54, 1.807) is 24.3 Å². The lowest BCUT2D eigenvalue weighted by Crippen LogP contribution is -2.13. The topological polar surface area (TPSA) is 88.5 Å². The highest BCUT2D eigenvalue weighted by Crippen LogP contribution is 2.21. The molecule has 0 saturated carbocycles. The van der Waals surface area contributed by atoms with E-state index in [0.717, 1.165) is 0 Å². The fourth-order valence-corrected chi connectivity index (χ4v) is 1.71. The lowest BCUT2D eigenvalue weighted by Gasteiger charge is -2.07. The van der Waals surface area contributed by atoms with Crippen LogP contribution in [0.2, 0.25) is 0 Å². The molecule has 0 unspecified atom stereocenters. The number of fused-ring (bicyclic) bond motifs is 1. The molecule has 0 spiro atoms. The molecule has 6 nitrogen and oxygen atoms in total. The van der Waals surface area contributed by atoms with Crippen molar-refractivity contribution >= 4 is 28.5 Å². The fraction of sp³-hybridized carbons (Fsp3) is 0.0714. The van der Waals surface area contributed by atoms with Crippen LogP contribution in [-0.4, -0.2) is 28.8 Å². The third-order valence-electron chi connectivity index (χ3n) is 2.55. The number of aromatic nitrogens is 1. The molecule has 1 aromatic carbocycles. The van der Waals surface area contributed by atoms with E-state index in [1.165, 1.54) is 12.3 Å². The summed E-state index contributed by atoms with van der Waals surface area (Å²) in [5.74, 6) is -1.10. The summed E-state index contributed by atoms with van der Waals surface area (Å²) < 4.78 is 4.79. The number of ether oxygens (including phenoxy) is 1. The van der Waals surface area contributed by atoms with Gasteiger partial charge in [-0.25, -0.2) is 14.6 Å². The van der Waals surface area contributed by atoms with Crippen LogP contribution >= 0.6 is 0 Å². The molecule has 0 aliphatic carbocycles. The molecule has 2 rings (SSSR count). The first kappa shape index (κ1) is 13.5. The summed E-state index contributed by atoms with van der Waals surface area (Å²) in [5, 5.41) is 12.7. The standard InChI is InChI=1S/C14H12N2O4/c1-2-7-20-14(19)16-10-3-4-11-9(8-10)5-6-15-12(11)13(17)18/h2-6,8H,1,7H2,(H,16,19)(H,17,18). The van der Waals surface area contributed by atoms with E-state index in [0.29, 0.717) is 16.5 Å². The van der Waals surface area contributed by atoms with Gasteiger partial charge in [-0.1, -0.05) is 12.7 Å². The number of hydrogen-bond donors (Lipinski definition) is 2. The van der Waals surface area contributed by atoms with Gasteiger partial charge in [-0.05, 0) is 29.7 Å². The van der Waals surface area contributed by atoms with Crippen LogP contribution in [0.4, 0.5) is 10.5 Å². The molecule has 0 fully saturated rings. The van der Waals surface area contributed by atoms with E-state index in [1.807, 2.05) is 0 Å². The monoisotopic (exact) mass is 272 g/mol. The number of rotatable bonds is 4. The predicted molar refractivity (Wildman–Crippen MR) is 73.9 cm³/mol. The number of pyridine rings is 1. The fourth-order valence-electron chi connectivity index (χ4n) is 1.71. The van der Waals surface area contributed by atoms with Crippen molar-refractivity contribution < 1.29 is 19.4 Å². The third kappa shape index (κ3) is 2.92. The Morgan fingerprint density at radius 1 is 1.40 bits per heavy atom. The van der Waals surface area contributed by atoms with Gasteiger partial charge in [0.25, 0.3) is 0 Å². The van der Waals surface area contributed by atoms with E-state index >= 15 is 0 Å². The van der Waals surface area contributed by atoms with Crippen LogP contribution in [0.3, 0.4) is 0 Å². The van der Waals surface area contributed by atoms with Gasteiger partial charge in [-0.3, -0.25) is 5.32 Å². The van der Waals surface area contributed by atoms with E-state index in [2.05, 4.69) is 16.9 Å². The summed E-state index contributed by atoms with van der Waals surface area (Å²) >= 11 is 0. The minimum atomic E-state index is -1.10. The molecular formula is C14H12N2O4. The number of benzene rings is 1. The molecular weight excluding hydrogens is 260 g/mol. The average molecular weight is 272 g/mol. The summed E-state index contributed by atoms with van der Waals surface area (Å²) in [6, 6.07) is 6.50. The van der Waals surface area contributed by atoms with Gasteiger partial charge in [-0.2, -0.15) is 0 Å². The maximum atomic E-state index is 11.4. The van der Waals surface area contributed by atoms with Gasteiger partial charge < -0.3 is 9.84 Å². The molecule has 1 amide bonds. The molecule has 1 heterocycles. The predicted octanol–water partition coefficient (Wildman–Crippen LogP) is 2.67. The minimum absolute atomic E-state index is 0.0247. The summed E-state index contributed by atoms with van der Waals surface area (Å²) in [5.41, 5.74) is 0.484. The van der Waals surface area contributed by atoms with Crippen molar-refractivity contribution in [3.05, 3.63) is 48.8 Å². The Labute approximate surface area is 114 Å². The number of anilines is 1. The number of nitrogens with zero attached hydrogens (tertiary/aromatic N) is 1. The zero-order chi connectivity index (χ0) is 14.5. The number of aromatic carboxylic acids is 1. The van der Waals surface area contributed by atoms with Crippen molar-refractivity contribution in [2.75, 3.05) is 11.9 Å². The molecule has 20 heavy (non-hydrogen) atoms. The van der Waals surface area contributed by atoms with Crippen molar-refractivity contribution in [2.24, 2.45) is 0 Å². The molecule has 102 valence electrons. The first-order chi connectivity index (χ1) is 9.61. The lowest BCUT2D eigenvalue weighted by molar-refractivity contribution is 0.0693. The van der Waals surface area contributed by atoms with E-state index in [9.17, 15) is 9.59 Å². The van der Waals surface area contributed by atoms with Crippen molar-refractivity contribution in [1.82, 2.24) is 4.98 Å². The Morgan fingerprint density at radius 3 is 2.90 bits per heavy atom. The molecule has 2 N–H and O–H groups in total. The largest absolute Gasteiger partial charge is 0.476 e. The van der Waals surface area contributed by atoms with E-state index in [-0.39, 0.29) is 12.3 Å². The number of carboxylic acid groups (broad SMARTS) is 1. The smallest absolute Gasteiger partial charge is 0.411 e. The number of hydrogen-bond acceptors (Lipinski definition) is 4. The Bertz CT molecular complexity index is 682. The second-order valence-electron chi connectivity index (χ2n) is 3.91. The van der Waals surface area contributed by atoms with Gasteiger partial charge in [0, 0.05) is 17.3 Å². The summed E-state index contributed by atoms with van der Waals surface area (Å²) in [7, 11) is 0. The minimum Gasteiger partial charge on any atom is -0.476 e. The highest BCUT2D eigenvalue weighted by Gasteiger charge is 2.10. The molecule has 6 heteroatoms. The molecule has 0 aliphatic rings. The third-order valence-corrected chi connectivity index (χ3v) is 2.55. The Kier molecular flexibility index (Phi) is 3.95. The SMILES string of the molecule is C=CCOC(=O)Nc1ccc2c(C(=O)O)nccc2c1. The zero-order valence-electron chi connectivity index (χ0n) is 10.5. The van der Waals surface area contributed by atoms with Gasteiger partial charge >= 0.3 is 12.1 Å². The number of carboxylic acids is 1. The normalized spacial score (nSPS) is 10.0. The van der Waals surface area contributed by atoms with Gasteiger partial charge in [0.05, 0.1) is 0 Å². The van der Waals surface area contributed by atoms with Gasteiger partial charge in [0.2, 0.25) is 0 Å². The molecule has 0 aliphatic heterocycles. The Balaban J connectivity index is 2.28. The first-order valence-corrected chi connectivity index (χ1v) is 5.78. The number of carbonyl (C=O) groups excluding carboxylic acids is 1. The summed E-state index contributed by atoms with van der Waals surface area (Å²) in [6.07, 6.45) is 2.27. The number of nitrogens with one attached hydrogen (secondary N) is 1. The highest BCUT2D eigenvalue weighted by molar-refractivity contribution is 6.03. The van der Waals surface area contributed by atoms with E-state index < -0.39 is 12.1 Å². The van der Waals surface area contributed by atoms with Crippen LogP contribution in [0.1, 0.15) is 10.5 Å². The van der Waals surface area contributed by atoms with Crippen LogP contribution in [0.15, 0.2) is 43.1 Å². The summed E-state index contributed by atoms with van der Waals surface area (Å²) in [6.45, 7) is 3.56. The van der Waals surface area contributed by atoms with Crippen LogP contribution < -0.4 is 5.32 Å². The van der Waals surface area contributed by atoms with Gasteiger partial charge in [0.1, 0.15) is 6.61 Å².